The summed E-state index contributed by atoms with van der Waals surface area (Å²) in [6.07, 6.45) is 1.36. The fourth-order valence-electron chi connectivity index (χ4n) is 2.81. The van der Waals surface area contributed by atoms with Gasteiger partial charge >= 0.3 is 6.09 Å². The molecule has 0 aliphatic carbocycles. The van der Waals surface area contributed by atoms with Crippen molar-refractivity contribution < 1.29 is 19.0 Å². The zero-order chi connectivity index (χ0) is 16.5. The van der Waals surface area contributed by atoms with Crippen LogP contribution in [0.2, 0.25) is 0 Å². The maximum atomic E-state index is 12.1. The molecule has 0 N–H and O–H groups in total. The fraction of sp³-hybridized carbons (Fsp3) is 0.611. The van der Waals surface area contributed by atoms with Crippen LogP contribution >= 0.6 is 0 Å². The molecule has 1 aromatic carbocycles. The first-order chi connectivity index (χ1) is 11.2. The standard InChI is InChI=1S/C18H27NO4/c1-3-21-17(22-4-2)16-10-12-19(13-11-16)18(20)23-14-15-8-6-5-7-9-15/h5-9,16-17H,3-4,10-14H2,1-2H3. The van der Waals surface area contributed by atoms with E-state index in [0.29, 0.717) is 38.8 Å². The number of hydrogen-bond acceptors (Lipinski definition) is 4. The summed E-state index contributed by atoms with van der Waals surface area (Å²) in [6.45, 7) is 6.93. The number of hydrogen-bond donors (Lipinski definition) is 0. The second kappa shape index (κ2) is 9.53. The summed E-state index contributed by atoms with van der Waals surface area (Å²) in [6, 6.07) is 9.73. The zero-order valence-corrected chi connectivity index (χ0v) is 14.1. The van der Waals surface area contributed by atoms with Crippen molar-refractivity contribution in [3.63, 3.8) is 0 Å². The van der Waals surface area contributed by atoms with Gasteiger partial charge in [0.05, 0.1) is 0 Å². The highest BCUT2D eigenvalue weighted by Gasteiger charge is 2.29. The average molecular weight is 321 g/mol. The van der Waals surface area contributed by atoms with Crippen LogP contribution in [0.25, 0.3) is 0 Å². The lowest BCUT2D eigenvalue weighted by Gasteiger charge is -2.35. The molecule has 2 rings (SSSR count). The van der Waals surface area contributed by atoms with Gasteiger partial charge in [-0.15, -0.1) is 0 Å². The van der Waals surface area contributed by atoms with Gasteiger partial charge in [0.1, 0.15) is 6.61 Å². The van der Waals surface area contributed by atoms with Crippen molar-refractivity contribution in [3.8, 4) is 0 Å². The van der Waals surface area contributed by atoms with Gasteiger partial charge in [-0.25, -0.2) is 4.79 Å². The second-order valence-corrected chi connectivity index (χ2v) is 5.64. The molecule has 23 heavy (non-hydrogen) atoms. The minimum atomic E-state index is -0.239. The molecule has 0 spiro atoms. The van der Waals surface area contributed by atoms with E-state index in [1.807, 2.05) is 44.2 Å². The topological polar surface area (TPSA) is 48.0 Å². The van der Waals surface area contributed by atoms with Crippen LogP contribution in [0.5, 0.6) is 0 Å². The number of benzene rings is 1. The Morgan fingerprint density at radius 1 is 1.13 bits per heavy atom. The Labute approximate surface area is 138 Å². The molecule has 1 aliphatic rings. The Balaban J connectivity index is 1.75. The molecule has 5 heteroatoms. The van der Waals surface area contributed by atoms with E-state index in [-0.39, 0.29) is 12.4 Å². The molecule has 0 saturated carbocycles. The van der Waals surface area contributed by atoms with Crippen LogP contribution in [0.15, 0.2) is 30.3 Å². The van der Waals surface area contributed by atoms with E-state index in [4.69, 9.17) is 14.2 Å². The molecule has 0 aromatic heterocycles. The molecule has 0 atom stereocenters. The summed E-state index contributed by atoms with van der Waals surface area (Å²) in [7, 11) is 0. The fourth-order valence-corrected chi connectivity index (χ4v) is 2.81. The van der Waals surface area contributed by atoms with Crippen molar-refractivity contribution >= 4 is 6.09 Å². The second-order valence-electron chi connectivity index (χ2n) is 5.64. The normalized spacial score (nSPS) is 15.9. The third-order valence-corrected chi connectivity index (χ3v) is 4.05. The molecular weight excluding hydrogens is 294 g/mol. The van der Waals surface area contributed by atoms with E-state index < -0.39 is 0 Å². The van der Waals surface area contributed by atoms with Crippen molar-refractivity contribution in [3.05, 3.63) is 35.9 Å². The van der Waals surface area contributed by atoms with E-state index in [1.165, 1.54) is 0 Å². The van der Waals surface area contributed by atoms with E-state index >= 15 is 0 Å². The van der Waals surface area contributed by atoms with E-state index in [2.05, 4.69) is 0 Å². The largest absolute Gasteiger partial charge is 0.445 e. The van der Waals surface area contributed by atoms with Crippen LogP contribution in [0, 0.1) is 5.92 Å². The van der Waals surface area contributed by atoms with Crippen LogP contribution in [0.4, 0.5) is 4.79 Å². The SMILES string of the molecule is CCOC(OCC)C1CCN(C(=O)OCc2ccccc2)CC1. The first-order valence-corrected chi connectivity index (χ1v) is 8.43. The summed E-state index contributed by atoms with van der Waals surface area (Å²) < 4.78 is 16.7. The number of amides is 1. The highest BCUT2D eigenvalue weighted by atomic mass is 16.7. The van der Waals surface area contributed by atoms with Gasteiger partial charge in [0, 0.05) is 32.2 Å². The third kappa shape index (κ3) is 5.52. The van der Waals surface area contributed by atoms with Crippen molar-refractivity contribution in [2.24, 2.45) is 5.92 Å². The van der Waals surface area contributed by atoms with Crippen molar-refractivity contribution in [2.45, 2.75) is 39.6 Å². The lowest BCUT2D eigenvalue weighted by Crippen LogP contribution is -2.42. The van der Waals surface area contributed by atoms with Gasteiger partial charge in [0.2, 0.25) is 0 Å². The minimum absolute atomic E-state index is 0.160. The van der Waals surface area contributed by atoms with E-state index in [9.17, 15) is 4.79 Å². The van der Waals surface area contributed by atoms with Crippen LogP contribution in [-0.4, -0.2) is 43.6 Å². The summed E-state index contributed by atoms with van der Waals surface area (Å²) in [5.41, 5.74) is 1.00. The molecular formula is C18H27NO4. The van der Waals surface area contributed by atoms with Crippen LogP contribution < -0.4 is 0 Å². The van der Waals surface area contributed by atoms with Gasteiger partial charge < -0.3 is 19.1 Å². The number of nitrogens with zero attached hydrogens (tertiary/aromatic N) is 1. The average Bonchev–Trinajstić information content (AvgIpc) is 2.60. The predicted octanol–water partition coefficient (Wildman–Crippen LogP) is 3.43. The smallest absolute Gasteiger partial charge is 0.410 e. The summed E-state index contributed by atoms with van der Waals surface area (Å²) >= 11 is 0. The molecule has 128 valence electrons. The number of likely N-dealkylation sites (tertiary alicyclic amines) is 1. The number of piperidine rings is 1. The highest BCUT2D eigenvalue weighted by molar-refractivity contribution is 5.67. The van der Waals surface area contributed by atoms with Crippen molar-refractivity contribution in [1.82, 2.24) is 4.90 Å². The quantitative estimate of drug-likeness (QED) is 0.722. The molecule has 1 fully saturated rings. The third-order valence-electron chi connectivity index (χ3n) is 4.05. The maximum absolute atomic E-state index is 12.1. The first-order valence-electron chi connectivity index (χ1n) is 8.43. The molecule has 0 bridgehead atoms. The van der Waals surface area contributed by atoms with Gasteiger partial charge in [-0.2, -0.15) is 0 Å². The molecule has 5 nitrogen and oxygen atoms in total. The van der Waals surface area contributed by atoms with E-state index in [1.54, 1.807) is 4.90 Å². The number of carbonyl (C=O) groups is 1. The first kappa shape index (κ1) is 17.8. The lowest BCUT2D eigenvalue weighted by molar-refractivity contribution is -0.174. The molecule has 1 aliphatic heterocycles. The summed E-state index contributed by atoms with van der Waals surface area (Å²) in [5, 5.41) is 0. The van der Waals surface area contributed by atoms with Crippen molar-refractivity contribution in [1.29, 1.82) is 0 Å². The Hall–Kier alpha value is -1.59. The zero-order valence-electron chi connectivity index (χ0n) is 14.1. The van der Waals surface area contributed by atoms with Crippen LogP contribution in [0.1, 0.15) is 32.3 Å². The lowest BCUT2D eigenvalue weighted by atomic mass is 9.96. The number of rotatable bonds is 7. The minimum Gasteiger partial charge on any atom is -0.445 e. The molecule has 1 heterocycles. The van der Waals surface area contributed by atoms with Crippen molar-refractivity contribution in [2.75, 3.05) is 26.3 Å². The maximum Gasteiger partial charge on any atom is 0.410 e. The van der Waals surface area contributed by atoms with Gasteiger partial charge in [0.25, 0.3) is 0 Å². The molecule has 1 saturated heterocycles. The number of ether oxygens (including phenoxy) is 3. The Morgan fingerprint density at radius 2 is 1.74 bits per heavy atom. The molecule has 0 unspecified atom stereocenters. The van der Waals surface area contributed by atoms with Crippen LogP contribution in [0.3, 0.4) is 0 Å². The highest BCUT2D eigenvalue weighted by Crippen LogP contribution is 2.24. The molecule has 1 aromatic rings. The monoisotopic (exact) mass is 321 g/mol. The number of carbonyl (C=O) groups excluding carboxylic acids is 1. The van der Waals surface area contributed by atoms with Gasteiger partial charge in [-0.1, -0.05) is 30.3 Å². The van der Waals surface area contributed by atoms with Gasteiger partial charge in [-0.3, -0.25) is 0 Å². The Morgan fingerprint density at radius 3 is 2.30 bits per heavy atom. The Bertz CT molecular complexity index is 451. The Kier molecular flexibility index (Phi) is 7.36. The van der Waals surface area contributed by atoms with Crippen LogP contribution in [-0.2, 0) is 20.8 Å². The predicted molar refractivity (Wildman–Crippen MR) is 88.0 cm³/mol. The molecule has 1 amide bonds. The summed E-state index contributed by atoms with van der Waals surface area (Å²) in [5.74, 6) is 0.341. The van der Waals surface area contributed by atoms with Gasteiger partial charge in [0.15, 0.2) is 6.29 Å². The molecule has 0 radical (unpaired) electrons. The van der Waals surface area contributed by atoms with E-state index in [0.717, 1.165) is 18.4 Å². The van der Waals surface area contributed by atoms with Gasteiger partial charge in [-0.05, 0) is 32.3 Å². The summed E-state index contributed by atoms with van der Waals surface area (Å²) in [4.78, 5) is 13.9.